The molecule has 0 aliphatic heterocycles. The lowest BCUT2D eigenvalue weighted by molar-refractivity contribution is 0.414. The van der Waals surface area contributed by atoms with E-state index in [1.165, 1.54) is 24.8 Å². The van der Waals surface area contributed by atoms with E-state index in [2.05, 4.69) is 31.3 Å². The number of aryl methyl sites for hydroxylation is 1. The van der Waals surface area contributed by atoms with Gasteiger partial charge in [0, 0.05) is 6.04 Å². The number of rotatable bonds is 8. The molecule has 0 heterocycles. The van der Waals surface area contributed by atoms with E-state index in [9.17, 15) is 0 Å². The Kier molecular flexibility index (Phi) is 6.71. The summed E-state index contributed by atoms with van der Waals surface area (Å²) in [5.41, 5.74) is 1.38. The average Bonchev–Trinajstić information content (AvgIpc) is 2.37. The van der Waals surface area contributed by atoms with Gasteiger partial charge in [0.1, 0.15) is 5.75 Å². The maximum absolute atomic E-state index is 5.15. The number of benzene rings is 1. The lowest BCUT2D eigenvalue weighted by atomic mass is 10.1. The summed E-state index contributed by atoms with van der Waals surface area (Å²) in [4.78, 5) is 0. The monoisotopic (exact) mass is 235 g/mol. The van der Waals surface area contributed by atoms with Gasteiger partial charge in [-0.1, -0.05) is 25.5 Å². The molecule has 0 bridgehead atoms. The molecule has 1 unspecified atom stereocenters. The zero-order chi connectivity index (χ0) is 12.5. The van der Waals surface area contributed by atoms with Crippen LogP contribution in [0.2, 0.25) is 0 Å². The van der Waals surface area contributed by atoms with Crippen molar-refractivity contribution in [1.82, 2.24) is 5.32 Å². The third kappa shape index (κ3) is 5.73. The molecule has 0 fully saturated rings. The van der Waals surface area contributed by atoms with Crippen molar-refractivity contribution in [3.63, 3.8) is 0 Å². The molecule has 2 heteroatoms. The fourth-order valence-corrected chi connectivity index (χ4v) is 1.80. The fourth-order valence-electron chi connectivity index (χ4n) is 1.80. The molecule has 96 valence electrons. The van der Waals surface area contributed by atoms with Crippen molar-refractivity contribution in [2.75, 3.05) is 13.7 Å². The van der Waals surface area contributed by atoms with Gasteiger partial charge >= 0.3 is 0 Å². The van der Waals surface area contributed by atoms with Crippen LogP contribution in [0.15, 0.2) is 24.3 Å². The van der Waals surface area contributed by atoms with E-state index in [1.54, 1.807) is 7.11 Å². The van der Waals surface area contributed by atoms with Gasteiger partial charge in [-0.25, -0.2) is 0 Å². The Labute approximate surface area is 105 Å². The second kappa shape index (κ2) is 8.13. The predicted molar refractivity (Wildman–Crippen MR) is 73.7 cm³/mol. The van der Waals surface area contributed by atoms with E-state index in [-0.39, 0.29) is 0 Å². The molecule has 1 N–H and O–H groups in total. The Balaban J connectivity index is 2.24. The first-order valence-electron chi connectivity index (χ1n) is 6.62. The van der Waals surface area contributed by atoms with Crippen molar-refractivity contribution in [1.29, 1.82) is 0 Å². The second-order valence-corrected chi connectivity index (χ2v) is 4.60. The topological polar surface area (TPSA) is 21.3 Å². The first-order chi connectivity index (χ1) is 8.26. The number of unbranched alkanes of at least 4 members (excludes halogenated alkanes) is 1. The van der Waals surface area contributed by atoms with Crippen LogP contribution in [-0.2, 0) is 6.42 Å². The van der Waals surface area contributed by atoms with Gasteiger partial charge in [-0.3, -0.25) is 0 Å². The second-order valence-electron chi connectivity index (χ2n) is 4.60. The van der Waals surface area contributed by atoms with E-state index in [1.807, 2.05) is 12.1 Å². The summed E-state index contributed by atoms with van der Waals surface area (Å²) in [6.45, 7) is 5.63. The highest BCUT2D eigenvalue weighted by Gasteiger charge is 2.01. The van der Waals surface area contributed by atoms with Gasteiger partial charge in [0.2, 0.25) is 0 Å². The van der Waals surface area contributed by atoms with E-state index in [0.717, 1.165) is 18.7 Å². The molecule has 17 heavy (non-hydrogen) atoms. The van der Waals surface area contributed by atoms with Crippen molar-refractivity contribution >= 4 is 0 Å². The summed E-state index contributed by atoms with van der Waals surface area (Å²) in [5, 5.41) is 3.55. The molecule has 0 aliphatic carbocycles. The summed E-state index contributed by atoms with van der Waals surface area (Å²) >= 11 is 0. The molecule has 1 rings (SSSR count). The van der Waals surface area contributed by atoms with Crippen LogP contribution in [0.5, 0.6) is 5.75 Å². The zero-order valence-electron chi connectivity index (χ0n) is 11.3. The predicted octanol–water partition coefficient (Wildman–Crippen LogP) is 3.41. The Hall–Kier alpha value is -1.02. The van der Waals surface area contributed by atoms with Crippen molar-refractivity contribution in [2.45, 2.75) is 45.6 Å². The van der Waals surface area contributed by atoms with E-state index < -0.39 is 0 Å². The van der Waals surface area contributed by atoms with Crippen molar-refractivity contribution < 1.29 is 4.74 Å². The number of hydrogen-bond acceptors (Lipinski definition) is 2. The summed E-state index contributed by atoms with van der Waals surface area (Å²) in [6, 6.07) is 8.97. The van der Waals surface area contributed by atoms with Crippen molar-refractivity contribution in [2.24, 2.45) is 0 Å². The van der Waals surface area contributed by atoms with Crippen LogP contribution >= 0.6 is 0 Å². The molecule has 0 amide bonds. The zero-order valence-corrected chi connectivity index (χ0v) is 11.3. The van der Waals surface area contributed by atoms with Crippen molar-refractivity contribution in [3.8, 4) is 5.75 Å². The maximum atomic E-state index is 5.15. The minimum absolute atomic E-state index is 0.601. The Bertz CT molecular complexity index is 294. The van der Waals surface area contributed by atoms with Gasteiger partial charge in [-0.15, -0.1) is 0 Å². The lowest BCUT2D eigenvalue weighted by Crippen LogP contribution is -2.27. The largest absolute Gasteiger partial charge is 0.497 e. The third-order valence-electron chi connectivity index (χ3n) is 3.05. The van der Waals surface area contributed by atoms with Crippen LogP contribution in [0.3, 0.4) is 0 Å². The van der Waals surface area contributed by atoms with E-state index >= 15 is 0 Å². The van der Waals surface area contributed by atoms with Crippen LogP contribution < -0.4 is 10.1 Å². The quantitative estimate of drug-likeness (QED) is 0.697. The summed E-state index contributed by atoms with van der Waals surface area (Å²) in [7, 11) is 1.70. The van der Waals surface area contributed by atoms with Crippen molar-refractivity contribution in [3.05, 3.63) is 29.8 Å². The van der Waals surface area contributed by atoms with Gasteiger partial charge in [0.25, 0.3) is 0 Å². The van der Waals surface area contributed by atoms with Crippen LogP contribution in [0.4, 0.5) is 0 Å². The lowest BCUT2D eigenvalue weighted by Gasteiger charge is -2.13. The number of ether oxygens (including phenoxy) is 1. The highest BCUT2D eigenvalue weighted by Crippen LogP contribution is 2.13. The molecule has 1 aromatic rings. The molecule has 0 aliphatic rings. The van der Waals surface area contributed by atoms with Gasteiger partial charge in [-0.05, 0) is 50.4 Å². The van der Waals surface area contributed by atoms with Crippen LogP contribution in [0.25, 0.3) is 0 Å². The number of hydrogen-bond donors (Lipinski definition) is 1. The molecular weight excluding hydrogens is 210 g/mol. The minimum Gasteiger partial charge on any atom is -0.497 e. The molecular formula is C15H25NO. The number of nitrogens with one attached hydrogen (secondary N) is 1. The molecule has 0 radical (unpaired) electrons. The van der Waals surface area contributed by atoms with Gasteiger partial charge in [0.15, 0.2) is 0 Å². The minimum atomic E-state index is 0.601. The Morgan fingerprint density at radius 2 is 1.94 bits per heavy atom. The molecule has 0 saturated heterocycles. The molecule has 2 nitrogen and oxygen atoms in total. The normalized spacial score (nSPS) is 12.4. The molecule has 0 spiro atoms. The highest BCUT2D eigenvalue weighted by atomic mass is 16.5. The van der Waals surface area contributed by atoms with E-state index in [0.29, 0.717) is 6.04 Å². The molecule has 0 aromatic heterocycles. The molecule has 1 atom stereocenters. The van der Waals surface area contributed by atoms with Crippen LogP contribution in [0, 0.1) is 0 Å². The van der Waals surface area contributed by atoms with Gasteiger partial charge in [0.05, 0.1) is 7.11 Å². The summed E-state index contributed by atoms with van der Waals surface area (Å²) < 4.78 is 5.15. The smallest absolute Gasteiger partial charge is 0.118 e. The van der Waals surface area contributed by atoms with Crippen LogP contribution in [0.1, 0.15) is 38.7 Å². The molecule has 0 saturated carbocycles. The van der Waals surface area contributed by atoms with Gasteiger partial charge < -0.3 is 10.1 Å². The first kappa shape index (κ1) is 14.0. The summed E-state index contributed by atoms with van der Waals surface area (Å²) in [5.74, 6) is 0.933. The average molecular weight is 235 g/mol. The highest BCUT2D eigenvalue weighted by molar-refractivity contribution is 5.27. The maximum Gasteiger partial charge on any atom is 0.118 e. The Morgan fingerprint density at radius 3 is 2.53 bits per heavy atom. The molecule has 1 aromatic carbocycles. The standard InChI is InChI=1S/C15H25NO/c1-4-5-12-16-13(2)6-7-14-8-10-15(17-3)11-9-14/h8-11,13,16H,4-7,12H2,1-3H3. The van der Waals surface area contributed by atoms with E-state index in [4.69, 9.17) is 4.74 Å². The Morgan fingerprint density at radius 1 is 1.24 bits per heavy atom. The fraction of sp³-hybridized carbons (Fsp3) is 0.600. The van der Waals surface area contributed by atoms with Crippen LogP contribution in [-0.4, -0.2) is 19.7 Å². The van der Waals surface area contributed by atoms with Gasteiger partial charge in [-0.2, -0.15) is 0 Å². The SMILES string of the molecule is CCCCNC(C)CCc1ccc(OC)cc1. The third-order valence-corrected chi connectivity index (χ3v) is 3.05. The number of methoxy groups -OCH3 is 1. The first-order valence-corrected chi connectivity index (χ1v) is 6.62. The summed E-state index contributed by atoms with van der Waals surface area (Å²) in [6.07, 6.45) is 4.85.